The molecule has 0 unspecified atom stereocenters. The molecule has 0 saturated carbocycles. The number of hydrogen-bond acceptors (Lipinski definition) is 6. The Bertz CT molecular complexity index is 1080. The minimum Gasteiger partial charge on any atom is -0.507 e. The molecule has 6 nitrogen and oxygen atoms in total. The molecule has 3 aromatic carbocycles. The van der Waals surface area contributed by atoms with Gasteiger partial charge < -0.3 is 14.6 Å². The molecule has 138 valence electrons. The zero-order chi connectivity index (χ0) is 19.3. The Morgan fingerprint density at radius 3 is 2.11 bits per heavy atom. The van der Waals surface area contributed by atoms with Crippen LogP contribution in [0.1, 0.15) is 0 Å². The predicted molar refractivity (Wildman–Crippen MR) is 105 cm³/mol. The maximum atomic E-state index is 10.4. The van der Waals surface area contributed by atoms with Crippen molar-refractivity contribution in [3.8, 4) is 45.5 Å². The van der Waals surface area contributed by atoms with Gasteiger partial charge in [0.05, 0.1) is 7.11 Å². The Kier molecular flexibility index (Phi) is 4.84. The van der Waals surface area contributed by atoms with Crippen LogP contribution in [0.25, 0.3) is 22.5 Å². The molecule has 0 radical (unpaired) electrons. The summed E-state index contributed by atoms with van der Waals surface area (Å²) in [5.74, 6) is 2.74. The first-order valence-corrected chi connectivity index (χ1v) is 8.61. The number of rotatable bonds is 5. The van der Waals surface area contributed by atoms with Gasteiger partial charge in [-0.15, -0.1) is 0 Å². The number of methoxy groups -OCH3 is 1. The van der Waals surface area contributed by atoms with Crippen LogP contribution < -0.4 is 9.47 Å². The third-order valence-corrected chi connectivity index (χ3v) is 4.21. The highest BCUT2D eigenvalue weighted by atomic mass is 16.5. The highest BCUT2D eigenvalue weighted by Gasteiger charge is 2.14. The van der Waals surface area contributed by atoms with Crippen molar-refractivity contribution < 1.29 is 14.6 Å². The van der Waals surface area contributed by atoms with E-state index in [2.05, 4.69) is 15.0 Å². The van der Waals surface area contributed by atoms with E-state index < -0.39 is 0 Å². The van der Waals surface area contributed by atoms with Gasteiger partial charge in [0, 0.05) is 16.7 Å². The summed E-state index contributed by atoms with van der Waals surface area (Å²) in [4.78, 5) is 12.3. The number of para-hydroxylation sites is 1. The number of nitrogens with zero attached hydrogens (tertiary/aromatic N) is 3. The van der Waals surface area contributed by atoms with Crippen LogP contribution in [0, 0.1) is 0 Å². The van der Waals surface area contributed by atoms with Gasteiger partial charge in [-0.05, 0) is 48.5 Å². The largest absolute Gasteiger partial charge is 0.507 e. The maximum absolute atomic E-state index is 10.4. The van der Waals surface area contributed by atoms with Crippen molar-refractivity contribution in [1.29, 1.82) is 0 Å². The van der Waals surface area contributed by atoms with E-state index in [4.69, 9.17) is 9.47 Å². The fraction of sp³-hybridized carbons (Fsp3) is 0.0455. The molecule has 28 heavy (non-hydrogen) atoms. The molecule has 0 bridgehead atoms. The molecule has 0 aliphatic rings. The molecule has 0 amide bonds. The van der Waals surface area contributed by atoms with Gasteiger partial charge in [-0.3, -0.25) is 0 Å². The molecular formula is C22H17N3O3. The van der Waals surface area contributed by atoms with Crippen LogP contribution in [0.2, 0.25) is 0 Å². The van der Waals surface area contributed by atoms with E-state index in [9.17, 15) is 5.11 Å². The SMILES string of the molecule is COc1ccc(Oc2ccc(-c3ncncn3)c(-c3ccccc3O)c2)cc1. The molecule has 1 aromatic heterocycles. The summed E-state index contributed by atoms with van der Waals surface area (Å²) in [6.45, 7) is 0. The summed E-state index contributed by atoms with van der Waals surface area (Å²) < 4.78 is 11.2. The quantitative estimate of drug-likeness (QED) is 0.547. The Morgan fingerprint density at radius 2 is 1.39 bits per heavy atom. The Labute approximate surface area is 162 Å². The summed E-state index contributed by atoms with van der Waals surface area (Å²) in [6, 6.07) is 20.0. The first-order valence-electron chi connectivity index (χ1n) is 8.61. The molecule has 1 N–H and O–H groups in total. The summed E-state index contributed by atoms with van der Waals surface area (Å²) >= 11 is 0. The van der Waals surface area contributed by atoms with Crippen molar-refractivity contribution >= 4 is 0 Å². The normalized spacial score (nSPS) is 10.5. The molecule has 0 saturated heterocycles. The van der Waals surface area contributed by atoms with Crippen molar-refractivity contribution in [2.75, 3.05) is 7.11 Å². The zero-order valence-corrected chi connectivity index (χ0v) is 15.1. The van der Waals surface area contributed by atoms with Crippen molar-refractivity contribution in [2.45, 2.75) is 0 Å². The van der Waals surface area contributed by atoms with E-state index in [1.54, 1.807) is 19.2 Å². The van der Waals surface area contributed by atoms with Gasteiger partial charge >= 0.3 is 0 Å². The monoisotopic (exact) mass is 371 g/mol. The summed E-state index contributed by atoms with van der Waals surface area (Å²) in [5, 5.41) is 10.4. The average Bonchev–Trinajstić information content (AvgIpc) is 2.75. The van der Waals surface area contributed by atoms with Crippen LogP contribution >= 0.6 is 0 Å². The van der Waals surface area contributed by atoms with E-state index in [1.165, 1.54) is 12.7 Å². The fourth-order valence-electron chi connectivity index (χ4n) is 2.86. The minimum atomic E-state index is 0.166. The lowest BCUT2D eigenvalue weighted by atomic mass is 9.98. The second kappa shape index (κ2) is 7.75. The van der Waals surface area contributed by atoms with E-state index in [0.717, 1.165) is 16.9 Å². The Balaban J connectivity index is 1.78. The summed E-state index contributed by atoms with van der Waals surface area (Å²) in [7, 11) is 1.62. The number of ether oxygens (including phenoxy) is 2. The van der Waals surface area contributed by atoms with Gasteiger partial charge in [-0.1, -0.05) is 18.2 Å². The lowest BCUT2D eigenvalue weighted by Gasteiger charge is -2.13. The number of phenolic OH excluding ortho intramolecular Hbond substituents is 1. The molecule has 0 spiro atoms. The minimum absolute atomic E-state index is 0.166. The number of hydrogen-bond donors (Lipinski definition) is 1. The summed E-state index contributed by atoms with van der Waals surface area (Å²) in [5.41, 5.74) is 2.19. The predicted octanol–water partition coefficient (Wildman–Crippen LogP) is 4.71. The van der Waals surface area contributed by atoms with Crippen LogP contribution in [0.5, 0.6) is 23.0 Å². The number of benzene rings is 3. The second-order valence-corrected chi connectivity index (χ2v) is 5.96. The van der Waals surface area contributed by atoms with Gasteiger partial charge in [-0.25, -0.2) is 15.0 Å². The molecular weight excluding hydrogens is 354 g/mol. The number of aromatic hydroxyl groups is 1. The zero-order valence-electron chi connectivity index (χ0n) is 15.1. The highest BCUT2D eigenvalue weighted by Crippen LogP contribution is 2.38. The molecule has 6 heteroatoms. The van der Waals surface area contributed by atoms with E-state index in [1.807, 2.05) is 54.6 Å². The third-order valence-electron chi connectivity index (χ3n) is 4.21. The lowest BCUT2D eigenvalue weighted by Crippen LogP contribution is -1.94. The van der Waals surface area contributed by atoms with Crippen molar-refractivity contribution in [3.05, 3.63) is 79.4 Å². The first-order chi connectivity index (χ1) is 13.7. The van der Waals surface area contributed by atoms with E-state index in [0.29, 0.717) is 22.9 Å². The van der Waals surface area contributed by atoms with E-state index in [-0.39, 0.29) is 5.75 Å². The third kappa shape index (κ3) is 3.61. The van der Waals surface area contributed by atoms with Gasteiger partial charge in [0.25, 0.3) is 0 Å². The number of phenols is 1. The lowest BCUT2D eigenvalue weighted by molar-refractivity contribution is 0.413. The Hall–Kier alpha value is -3.93. The van der Waals surface area contributed by atoms with Crippen LogP contribution in [0.3, 0.4) is 0 Å². The fourth-order valence-corrected chi connectivity index (χ4v) is 2.86. The molecule has 4 aromatic rings. The maximum Gasteiger partial charge on any atom is 0.163 e. The molecule has 1 heterocycles. The average molecular weight is 371 g/mol. The van der Waals surface area contributed by atoms with E-state index >= 15 is 0 Å². The van der Waals surface area contributed by atoms with Gasteiger partial charge in [0.1, 0.15) is 35.7 Å². The van der Waals surface area contributed by atoms with Crippen LogP contribution in [0.15, 0.2) is 79.4 Å². The number of aromatic nitrogens is 3. The molecule has 0 fully saturated rings. The van der Waals surface area contributed by atoms with Gasteiger partial charge in [0.15, 0.2) is 5.82 Å². The molecule has 4 rings (SSSR count). The second-order valence-electron chi connectivity index (χ2n) is 5.96. The standard InChI is InChI=1S/C22H17N3O3/c1-27-15-6-8-16(9-7-15)28-17-10-11-19(22-24-13-23-14-25-22)20(12-17)18-4-2-3-5-21(18)26/h2-14,26H,1H3. The molecule has 0 aliphatic carbocycles. The van der Waals surface area contributed by atoms with Crippen molar-refractivity contribution in [3.63, 3.8) is 0 Å². The molecule has 0 atom stereocenters. The van der Waals surface area contributed by atoms with Gasteiger partial charge in [0.2, 0.25) is 0 Å². The Morgan fingerprint density at radius 1 is 0.714 bits per heavy atom. The van der Waals surface area contributed by atoms with Crippen LogP contribution in [-0.2, 0) is 0 Å². The van der Waals surface area contributed by atoms with Crippen molar-refractivity contribution in [2.24, 2.45) is 0 Å². The molecule has 0 aliphatic heterocycles. The first kappa shape index (κ1) is 17.5. The highest BCUT2D eigenvalue weighted by molar-refractivity contribution is 5.84. The van der Waals surface area contributed by atoms with Gasteiger partial charge in [-0.2, -0.15) is 0 Å². The summed E-state index contributed by atoms with van der Waals surface area (Å²) in [6.07, 6.45) is 2.89. The van der Waals surface area contributed by atoms with Crippen LogP contribution in [-0.4, -0.2) is 27.2 Å². The smallest absolute Gasteiger partial charge is 0.163 e. The van der Waals surface area contributed by atoms with Crippen LogP contribution in [0.4, 0.5) is 0 Å². The van der Waals surface area contributed by atoms with Crippen molar-refractivity contribution in [1.82, 2.24) is 15.0 Å². The topological polar surface area (TPSA) is 77.4 Å².